The predicted molar refractivity (Wildman–Crippen MR) is 142 cm³/mol. The summed E-state index contributed by atoms with van der Waals surface area (Å²) in [5.41, 5.74) is 4.31. The maximum atomic E-state index is 12.7. The molecule has 0 bridgehead atoms. The molecule has 7 nitrogen and oxygen atoms in total. The molecule has 2 atom stereocenters. The van der Waals surface area contributed by atoms with E-state index in [9.17, 15) is 4.79 Å². The van der Waals surface area contributed by atoms with Gasteiger partial charge in [-0.25, -0.2) is 9.78 Å². The summed E-state index contributed by atoms with van der Waals surface area (Å²) in [5, 5.41) is 0. The summed E-state index contributed by atoms with van der Waals surface area (Å²) in [6, 6.07) is 13.0. The van der Waals surface area contributed by atoms with Crippen LogP contribution >= 0.6 is 0 Å². The molecule has 1 aliphatic carbocycles. The van der Waals surface area contributed by atoms with E-state index in [0.717, 1.165) is 68.7 Å². The fourth-order valence-electron chi connectivity index (χ4n) is 5.76. The number of rotatable bonds is 5. The first-order valence-corrected chi connectivity index (χ1v) is 13.3. The fraction of sp³-hybridized carbons (Fsp3) is 0.552. The van der Waals surface area contributed by atoms with E-state index in [1.54, 1.807) is 0 Å². The molecular weight excluding hydrogens is 450 g/mol. The highest BCUT2D eigenvalue weighted by molar-refractivity contribution is 5.76. The Balaban J connectivity index is 1.36. The van der Waals surface area contributed by atoms with Gasteiger partial charge in [0.05, 0.1) is 29.3 Å². The molecule has 0 N–H and O–H groups in total. The van der Waals surface area contributed by atoms with Crippen LogP contribution in [0.1, 0.15) is 69.6 Å². The van der Waals surface area contributed by atoms with Crippen molar-refractivity contribution in [3.05, 3.63) is 59.7 Å². The quantitative estimate of drug-likeness (QED) is 0.468. The van der Waals surface area contributed by atoms with E-state index >= 15 is 0 Å². The number of imidazole rings is 1. The van der Waals surface area contributed by atoms with Gasteiger partial charge in [-0.1, -0.05) is 18.2 Å². The van der Waals surface area contributed by atoms with Crippen molar-refractivity contribution in [1.82, 2.24) is 24.3 Å². The van der Waals surface area contributed by atoms with E-state index in [1.807, 2.05) is 37.9 Å². The molecular formula is C29H39N5O2. The summed E-state index contributed by atoms with van der Waals surface area (Å²) in [5.74, 6) is 1.45. The maximum Gasteiger partial charge on any atom is 0.410 e. The number of para-hydroxylation sites is 2. The van der Waals surface area contributed by atoms with Crippen molar-refractivity contribution in [2.24, 2.45) is 5.92 Å². The molecule has 2 aromatic heterocycles. The first-order valence-electron chi connectivity index (χ1n) is 13.3. The molecule has 2 aliphatic rings. The SMILES string of the molecule is CN(Cc1nc2ccccc2n1CC1CCCN(C(=O)OC(C)(C)C)C1)C1CCCc2cccnc21. The van der Waals surface area contributed by atoms with Crippen LogP contribution in [-0.4, -0.2) is 56.2 Å². The smallest absolute Gasteiger partial charge is 0.410 e. The van der Waals surface area contributed by atoms with Crippen molar-refractivity contribution in [3.8, 4) is 0 Å². The van der Waals surface area contributed by atoms with Gasteiger partial charge in [0.15, 0.2) is 0 Å². The third kappa shape index (κ3) is 5.41. The lowest BCUT2D eigenvalue weighted by Crippen LogP contribution is -2.43. The normalized spacial score (nSPS) is 20.5. The van der Waals surface area contributed by atoms with Gasteiger partial charge in [-0.2, -0.15) is 0 Å². The minimum atomic E-state index is -0.477. The van der Waals surface area contributed by atoms with Gasteiger partial charge in [0, 0.05) is 25.8 Å². The Labute approximate surface area is 214 Å². The molecule has 3 heterocycles. The third-order valence-corrected chi connectivity index (χ3v) is 7.43. The average molecular weight is 490 g/mol. The molecule has 7 heteroatoms. The lowest BCUT2D eigenvalue weighted by molar-refractivity contribution is 0.0157. The molecule has 1 fully saturated rings. The standard InChI is InChI=1S/C29H39N5O2/c1-29(2,3)36-28(35)33-17-9-10-21(18-33)19-34-24-14-6-5-13-23(24)31-26(34)20-32(4)25-15-7-11-22-12-8-16-30-27(22)25/h5-6,8,12-14,16,21,25H,7,9-11,15,17-20H2,1-4H3. The van der Waals surface area contributed by atoms with Crippen LogP contribution in [0, 0.1) is 5.92 Å². The van der Waals surface area contributed by atoms with Gasteiger partial charge in [-0.05, 0) is 89.6 Å². The zero-order valence-electron chi connectivity index (χ0n) is 22.1. The number of pyridine rings is 1. The van der Waals surface area contributed by atoms with Crippen molar-refractivity contribution in [3.63, 3.8) is 0 Å². The van der Waals surface area contributed by atoms with Crippen molar-refractivity contribution >= 4 is 17.1 Å². The summed E-state index contributed by atoms with van der Waals surface area (Å²) >= 11 is 0. The molecule has 0 spiro atoms. The number of likely N-dealkylation sites (tertiary alicyclic amines) is 1. The number of nitrogens with zero attached hydrogens (tertiary/aromatic N) is 5. The second-order valence-electron chi connectivity index (χ2n) is 11.4. The molecule has 192 valence electrons. The Bertz CT molecular complexity index is 1210. The van der Waals surface area contributed by atoms with Crippen LogP contribution in [0.25, 0.3) is 11.0 Å². The van der Waals surface area contributed by atoms with Gasteiger partial charge < -0.3 is 14.2 Å². The zero-order valence-corrected chi connectivity index (χ0v) is 22.1. The Hall–Kier alpha value is -2.93. The van der Waals surface area contributed by atoms with Crippen LogP contribution < -0.4 is 0 Å². The van der Waals surface area contributed by atoms with Crippen LogP contribution in [0.15, 0.2) is 42.6 Å². The second-order valence-corrected chi connectivity index (χ2v) is 11.4. The topological polar surface area (TPSA) is 63.5 Å². The molecule has 3 aromatic rings. The van der Waals surface area contributed by atoms with Crippen molar-refractivity contribution < 1.29 is 9.53 Å². The minimum absolute atomic E-state index is 0.203. The minimum Gasteiger partial charge on any atom is -0.444 e. The monoisotopic (exact) mass is 489 g/mol. The highest BCUT2D eigenvalue weighted by atomic mass is 16.6. The maximum absolute atomic E-state index is 12.7. The molecule has 0 radical (unpaired) electrons. The Morgan fingerprint density at radius 3 is 2.81 bits per heavy atom. The predicted octanol–water partition coefficient (Wildman–Crippen LogP) is 5.59. The molecule has 2 unspecified atom stereocenters. The number of piperidine rings is 1. The number of fused-ring (bicyclic) bond motifs is 2. The lowest BCUT2D eigenvalue weighted by Gasteiger charge is -2.35. The van der Waals surface area contributed by atoms with Crippen molar-refractivity contribution in [2.75, 3.05) is 20.1 Å². The number of aromatic nitrogens is 3. The number of hydrogen-bond donors (Lipinski definition) is 0. The van der Waals surface area contributed by atoms with Gasteiger partial charge >= 0.3 is 6.09 Å². The fourth-order valence-corrected chi connectivity index (χ4v) is 5.76. The van der Waals surface area contributed by atoms with E-state index in [0.29, 0.717) is 12.0 Å². The van der Waals surface area contributed by atoms with Crippen LogP contribution in [0.2, 0.25) is 0 Å². The van der Waals surface area contributed by atoms with Crippen LogP contribution in [0.5, 0.6) is 0 Å². The number of benzene rings is 1. The molecule has 36 heavy (non-hydrogen) atoms. The summed E-state index contributed by atoms with van der Waals surface area (Å²) in [7, 11) is 2.20. The first-order chi connectivity index (χ1) is 17.3. The average Bonchev–Trinajstić information content (AvgIpc) is 3.19. The zero-order chi connectivity index (χ0) is 25.3. The summed E-state index contributed by atoms with van der Waals surface area (Å²) in [6.45, 7) is 8.86. The molecule has 1 aromatic carbocycles. The van der Waals surface area contributed by atoms with Gasteiger partial charge in [-0.15, -0.1) is 0 Å². The van der Waals surface area contributed by atoms with Gasteiger partial charge in [0.1, 0.15) is 11.4 Å². The molecule has 1 aliphatic heterocycles. The number of carbonyl (C=O) groups is 1. The highest BCUT2D eigenvalue weighted by Crippen LogP contribution is 2.33. The first kappa shape index (κ1) is 24.8. The van der Waals surface area contributed by atoms with E-state index in [2.05, 4.69) is 46.8 Å². The molecule has 1 amide bonds. The van der Waals surface area contributed by atoms with Crippen LogP contribution in [0.3, 0.4) is 0 Å². The summed E-state index contributed by atoms with van der Waals surface area (Å²) in [4.78, 5) is 26.9. The lowest BCUT2D eigenvalue weighted by atomic mass is 9.91. The summed E-state index contributed by atoms with van der Waals surface area (Å²) in [6.07, 6.45) is 7.23. The van der Waals surface area contributed by atoms with Crippen molar-refractivity contribution in [1.29, 1.82) is 0 Å². The Kier molecular flexibility index (Phi) is 7.02. The number of hydrogen-bond acceptors (Lipinski definition) is 5. The van der Waals surface area contributed by atoms with Gasteiger partial charge in [-0.3, -0.25) is 9.88 Å². The number of ether oxygens (including phenoxy) is 1. The van der Waals surface area contributed by atoms with E-state index in [4.69, 9.17) is 14.7 Å². The van der Waals surface area contributed by atoms with Crippen molar-refractivity contribution in [2.45, 2.75) is 77.6 Å². The summed E-state index contributed by atoms with van der Waals surface area (Å²) < 4.78 is 8.04. The Morgan fingerprint density at radius 1 is 1.14 bits per heavy atom. The van der Waals surface area contributed by atoms with Crippen LogP contribution in [0.4, 0.5) is 4.79 Å². The largest absolute Gasteiger partial charge is 0.444 e. The molecule has 0 saturated carbocycles. The number of carbonyl (C=O) groups excluding carboxylic acids is 1. The van der Waals surface area contributed by atoms with Gasteiger partial charge in [0.2, 0.25) is 0 Å². The third-order valence-electron chi connectivity index (χ3n) is 7.43. The van der Waals surface area contributed by atoms with E-state index in [-0.39, 0.29) is 6.09 Å². The number of aryl methyl sites for hydroxylation is 1. The molecule has 5 rings (SSSR count). The van der Waals surface area contributed by atoms with Gasteiger partial charge in [0.25, 0.3) is 0 Å². The molecule has 1 saturated heterocycles. The van der Waals surface area contributed by atoms with E-state index < -0.39 is 5.60 Å². The van der Waals surface area contributed by atoms with E-state index in [1.165, 1.54) is 17.7 Å². The second kappa shape index (κ2) is 10.2. The highest BCUT2D eigenvalue weighted by Gasteiger charge is 2.30. The number of amides is 1. The Morgan fingerprint density at radius 2 is 1.97 bits per heavy atom. The van der Waals surface area contributed by atoms with Crippen LogP contribution in [-0.2, 0) is 24.2 Å².